The maximum absolute atomic E-state index is 12.7. The van der Waals surface area contributed by atoms with Crippen LogP contribution in [-0.4, -0.2) is 74.6 Å². The molecular weight excluding hydrogens is 440 g/mol. The molecule has 1 aromatic rings. The molecule has 2 atom stereocenters. The Kier molecular flexibility index (Phi) is 6.31. The average Bonchev–Trinajstić information content (AvgIpc) is 3.16. The van der Waals surface area contributed by atoms with Crippen LogP contribution in [0, 0.1) is 0 Å². The number of primary amides is 1. The molecule has 1 fully saturated rings. The number of rotatable bonds is 9. The lowest BCUT2D eigenvalue weighted by molar-refractivity contribution is -0.144. The molecule has 0 aliphatic carbocycles. The van der Waals surface area contributed by atoms with Crippen molar-refractivity contribution in [1.29, 1.82) is 0 Å². The molecule has 4 amide bonds. The molecule has 1 saturated heterocycles. The number of fused-ring (bicyclic) bond motifs is 1. The minimum atomic E-state index is -1.12. The molecule has 2 aliphatic rings. The van der Waals surface area contributed by atoms with Crippen LogP contribution in [0.1, 0.15) is 5.69 Å². The zero-order valence-corrected chi connectivity index (χ0v) is 16.6. The number of hydrogen-bond acceptors (Lipinski definition) is 10. The highest BCUT2D eigenvalue weighted by molar-refractivity contribution is 8.00. The lowest BCUT2D eigenvalue weighted by atomic mass is 10.1. The van der Waals surface area contributed by atoms with Gasteiger partial charge in [0, 0.05) is 17.3 Å². The Bertz CT molecular complexity index is 974. The van der Waals surface area contributed by atoms with Crippen LogP contribution in [0.4, 0.5) is 5.13 Å². The Morgan fingerprint density at radius 1 is 1.47 bits per heavy atom. The second-order valence-corrected chi connectivity index (χ2v) is 7.80. The molecule has 0 saturated carbocycles. The van der Waals surface area contributed by atoms with Gasteiger partial charge in [-0.1, -0.05) is 5.16 Å². The molecule has 0 spiro atoms. The van der Waals surface area contributed by atoms with Crippen molar-refractivity contribution in [2.75, 3.05) is 17.7 Å². The first kappa shape index (κ1) is 21.3. The number of nitrogens with one attached hydrogen (secondary N) is 2. The number of amides is 4. The third-order valence-corrected chi connectivity index (χ3v) is 5.94. The minimum Gasteiger partial charge on any atom is -0.478 e. The first-order chi connectivity index (χ1) is 14.3. The van der Waals surface area contributed by atoms with Crippen LogP contribution in [0.3, 0.4) is 0 Å². The van der Waals surface area contributed by atoms with Gasteiger partial charge >= 0.3 is 5.97 Å². The molecule has 2 aliphatic heterocycles. The number of nitrogens with two attached hydrogens (primary N) is 1. The molecule has 158 valence electrons. The summed E-state index contributed by atoms with van der Waals surface area (Å²) in [6.07, 6.45) is 1.65. The van der Waals surface area contributed by atoms with E-state index < -0.39 is 41.7 Å². The zero-order valence-electron chi connectivity index (χ0n) is 14.9. The van der Waals surface area contributed by atoms with E-state index in [1.54, 1.807) is 0 Å². The number of nitrogens with zero attached hydrogens (tertiary/aromatic N) is 3. The Balaban J connectivity index is 1.75. The maximum atomic E-state index is 12.7. The number of aliphatic carboxylic acids is 1. The number of thioether (sulfide) groups is 1. The van der Waals surface area contributed by atoms with Gasteiger partial charge in [0.15, 0.2) is 17.5 Å². The highest BCUT2D eigenvalue weighted by Crippen LogP contribution is 2.36. The second-order valence-electron chi connectivity index (χ2n) is 5.84. The Morgan fingerprint density at radius 2 is 2.23 bits per heavy atom. The lowest BCUT2D eigenvalue weighted by Gasteiger charge is -2.46. The van der Waals surface area contributed by atoms with E-state index in [1.807, 2.05) is 0 Å². The number of carboxylic acid groups (broad SMARTS) is 1. The molecule has 13 nitrogen and oxygen atoms in total. The average molecular weight is 454 g/mol. The summed E-state index contributed by atoms with van der Waals surface area (Å²) in [5, 5.41) is 18.6. The highest BCUT2D eigenvalue weighted by atomic mass is 32.2. The van der Waals surface area contributed by atoms with Gasteiger partial charge in [0.1, 0.15) is 17.1 Å². The number of carbonyl (C=O) groups excluding carboxylic acids is 4. The largest absolute Gasteiger partial charge is 0.478 e. The smallest absolute Gasteiger partial charge is 0.333 e. The molecule has 0 radical (unpaired) electrons. The van der Waals surface area contributed by atoms with Gasteiger partial charge in [-0.05, 0) is 0 Å². The van der Waals surface area contributed by atoms with E-state index in [4.69, 9.17) is 15.7 Å². The first-order valence-corrected chi connectivity index (χ1v) is 10.1. The normalized spacial score (nSPS) is 20.4. The van der Waals surface area contributed by atoms with E-state index in [2.05, 4.69) is 20.8 Å². The van der Waals surface area contributed by atoms with Crippen LogP contribution in [0.15, 0.2) is 22.3 Å². The summed E-state index contributed by atoms with van der Waals surface area (Å²) in [4.78, 5) is 67.5. The van der Waals surface area contributed by atoms with Gasteiger partial charge in [0.05, 0.1) is 5.57 Å². The van der Waals surface area contributed by atoms with Gasteiger partial charge in [-0.25, -0.2) is 9.78 Å². The van der Waals surface area contributed by atoms with Gasteiger partial charge in [0.25, 0.3) is 17.7 Å². The number of carbonyl (C=O) groups is 5. The Morgan fingerprint density at radius 3 is 2.90 bits per heavy atom. The van der Waals surface area contributed by atoms with E-state index in [-0.39, 0.29) is 27.9 Å². The van der Waals surface area contributed by atoms with Crippen LogP contribution in [0.25, 0.3) is 0 Å². The van der Waals surface area contributed by atoms with Crippen molar-refractivity contribution in [3.63, 3.8) is 0 Å². The summed E-state index contributed by atoms with van der Waals surface area (Å²) in [5.74, 6) is -3.06. The number of β-lactam (4-membered cyclic amide) rings is 1. The second kappa shape index (κ2) is 8.91. The van der Waals surface area contributed by atoms with E-state index in [1.165, 1.54) is 28.2 Å². The SMILES string of the molecule is NC(=O)CON=C(C(=O)NC1C(=O)N2C=C(C(=O)O)CS[C@H]12)c1csc(NC=O)n1. The van der Waals surface area contributed by atoms with Crippen molar-refractivity contribution in [1.82, 2.24) is 15.2 Å². The summed E-state index contributed by atoms with van der Waals surface area (Å²) in [5.41, 5.74) is 4.76. The summed E-state index contributed by atoms with van der Waals surface area (Å²) < 4.78 is 0. The van der Waals surface area contributed by atoms with E-state index in [0.717, 1.165) is 11.3 Å². The van der Waals surface area contributed by atoms with Crippen LogP contribution in [0.2, 0.25) is 0 Å². The quantitative estimate of drug-likeness (QED) is 0.145. The Hall–Kier alpha value is -3.46. The van der Waals surface area contributed by atoms with Crippen molar-refractivity contribution >= 4 is 64.0 Å². The Labute approximate surface area is 176 Å². The van der Waals surface area contributed by atoms with Crippen molar-refractivity contribution in [3.8, 4) is 0 Å². The summed E-state index contributed by atoms with van der Waals surface area (Å²) >= 11 is 2.21. The zero-order chi connectivity index (χ0) is 21.8. The fraction of sp³-hybridized carbons (Fsp3) is 0.267. The van der Waals surface area contributed by atoms with Crippen LogP contribution < -0.4 is 16.4 Å². The number of carboxylic acids is 1. The van der Waals surface area contributed by atoms with Gasteiger partial charge in [0.2, 0.25) is 6.41 Å². The topological polar surface area (TPSA) is 193 Å². The van der Waals surface area contributed by atoms with Crippen LogP contribution >= 0.6 is 23.1 Å². The number of hydrogen-bond donors (Lipinski definition) is 4. The summed E-state index contributed by atoms with van der Waals surface area (Å²) in [6, 6.07) is -0.915. The van der Waals surface area contributed by atoms with Gasteiger partial charge in [-0.15, -0.1) is 23.1 Å². The number of thiazole rings is 1. The molecule has 0 aromatic carbocycles. The molecule has 3 rings (SSSR count). The number of oxime groups is 1. The predicted octanol–water partition coefficient (Wildman–Crippen LogP) is -1.71. The minimum absolute atomic E-state index is 0.0410. The molecular formula is C15H14N6O7S2. The van der Waals surface area contributed by atoms with E-state index in [0.29, 0.717) is 6.41 Å². The van der Waals surface area contributed by atoms with Gasteiger partial charge < -0.3 is 31.2 Å². The van der Waals surface area contributed by atoms with Gasteiger partial charge in [-0.3, -0.25) is 19.2 Å². The number of anilines is 1. The van der Waals surface area contributed by atoms with Crippen molar-refractivity contribution in [2.45, 2.75) is 11.4 Å². The third-order valence-electron chi connectivity index (χ3n) is 3.85. The standard InChI is InChI=1S/C15H14N6O7S2/c16-8(23)2-28-20-9(7-4-30-15(18-7)17-5-22)11(24)19-10-12(25)21-1-6(14(26)27)3-29-13(10)21/h1,4-5,10,13H,2-3H2,(H2,16,23)(H,19,24)(H,26,27)(H,17,18,22)/t10?,13-/m1/s1. The fourth-order valence-corrected chi connectivity index (χ4v) is 4.41. The first-order valence-electron chi connectivity index (χ1n) is 8.14. The monoisotopic (exact) mass is 454 g/mol. The summed E-state index contributed by atoms with van der Waals surface area (Å²) in [7, 11) is 0. The van der Waals surface area contributed by atoms with Crippen molar-refractivity contribution in [3.05, 3.63) is 22.8 Å². The fourth-order valence-electron chi connectivity index (χ4n) is 2.50. The molecule has 30 heavy (non-hydrogen) atoms. The molecule has 15 heteroatoms. The number of aromatic nitrogens is 1. The summed E-state index contributed by atoms with van der Waals surface area (Å²) in [6.45, 7) is -0.586. The van der Waals surface area contributed by atoms with Crippen LogP contribution in [0.5, 0.6) is 0 Å². The molecule has 3 heterocycles. The van der Waals surface area contributed by atoms with Gasteiger partial charge in [-0.2, -0.15) is 0 Å². The molecule has 1 unspecified atom stereocenters. The van der Waals surface area contributed by atoms with Crippen LogP contribution in [-0.2, 0) is 28.8 Å². The predicted molar refractivity (Wildman–Crippen MR) is 104 cm³/mol. The molecule has 0 bridgehead atoms. The third kappa shape index (κ3) is 4.41. The van der Waals surface area contributed by atoms with E-state index in [9.17, 15) is 24.0 Å². The van der Waals surface area contributed by atoms with E-state index >= 15 is 0 Å². The highest BCUT2D eigenvalue weighted by Gasteiger charge is 2.50. The molecule has 1 aromatic heterocycles. The molecule has 5 N–H and O–H groups in total. The van der Waals surface area contributed by atoms with Crippen molar-refractivity contribution < 1.29 is 33.9 Å². The maximum Gasteiger partial charge on any atom is 0.333 e. The lowest BCUT2D eigenvalue weighted by Crippen LogP contribution is -2.69. The van der Waals surface area contributed by atoms with Crippen molar-refractivity contribution in [2.24, 2.45) is 10.9 Å².